The average Bonchev–Trinajstić information content (AvgIpc) is 1.96. The van der Waals surface area contributed by atoms with Crippen molar-refractivity contribution in [2.75, 3.05) is 0 Å². The quantitative estimate of drug-likeness (QED) is 0.693. The fourth-order valence-electron chi connectivity index (χ4n) is 0.683. The number of aliphatic hydroxyl groups excluding tert-OH is 1. The van der Waals surface area contributed by atoms with Crippen LogP contribution >= 0.6 is 0 Å². The van der Waals surface area contributed by atoms with Gasteiger partial charge in [0, 0.05) is 0 Å². The van der Waals surface area contributed by atoms with Crippen LogP contribution in [0.25, 0.3) is 0 Å². The number of amides is 1. The molecule has 81 valence electrons. The van der Waals surface area contributed by atoms with Crippen LogP contribution in [-0.4, -0.2) is 35.2 Å². The summed E-state index contributed by atoms with van der Waals surface area (Å²) in [4.78, 5) is 21.4. The van der Waals surface area contributed by atoms with Crippen molar-refractivity contribution in [2.24, 2.45) is 0 Å². The van der Waals surface area contributed by atoms with Gasteiger partial charge >= 0.3 is 6.09 Å². The van der Waals surface area contributed by atoms with E-state index in [0.717, 1.165) is 0 Å². The van der Waals surface area contributed by atoms with E-state index in [9.17, 15) is 9.59 Å². The van der Waals surface area contributed by atoms with Crippen LogP contribution in [0.2, 0.25) is 0 Å². The molecule has 0 aromatic carbocycles. The van der Waals surface area contributed by atoms with Gasteiger partial charge in [0.1, 0.15) is 11.6 Å². The number of carbonyl (C=O) groups excluding carboxylic acids is 2. The molecular formula is C9H16NO4. The summed E-state index contributed by atoms with van der Waals surface area (Å²) in [5.41, 5.74) is -0.629. The predicted octanol–water partition coefficient (Wildman–Crippen LogP) is 0.370. The number of hydrogen-bond donors (Lipinski definition) is 2. The molecule has 0 aliphatic heterocycles. The molecule has 0 bridgehead atoms. The fourth-order valence-corrected chi connectivity index (χ4v) is 0.683. The SMILES string of the molecule is C[C@@H](O)[C@@H]([C]=O)NC(=O)OC(C)(C)C. The first-order valence-electron chi connectivity index (χ1n) is 4.31. The molecule has 0 aliphatic carbocycles. The first-order chi connectivity index (χ1) is 6.26. The molecule has 0 aliphatic rings. The molecule has 2 N–H and O–H groups in total. The van der Waals surface area contributed by atoms with Crippen molar-refractivity contribution in [3.63, 3.8) is 0 Å². The summed E-state index contributed by atoms with van der Waals surface area (Å²) in [6.45, 7) is 6.49. The highest BCUT2D eigenvalue weighted by Crippen LogP contribution is 2.06. The van der Waals surface area contributed by atoms with E-state index in [0.29, 0.717) is 0 Å². The Morgan fingerprint density at radius 3 is 2.29 bits per heavy atom. The van der Waals surface area contributed by atoms with E-state index in [-0.39, 0.29) is 0 Å². The van der Waals surface area contributed by atoms with E-state index in [1.807, 2.05) is 0 Å². The van der Waals surface area contributed by atoms with Gasteiger partial charge in [-0.2, -0.15) is 0 Å². The first kappa shape index (κ1) is 12.9. The Morgan fingerprint density at radius 2 is 2.00 bits per heavy atom. The van der Waals surface area contributed by atoms with Gasteiger partial charge in [0.05, 0.1) is 6.10 Å². The predicted molar refractivity (Wildman–Crippen MR) is 50.5 cm³/mol. The molecule has 5 nitrogen and oxygen atoms in total. The third-order valence-electron chi connectivity index (χ3n) is 1.28. The van der Waals surface area contributed by atoms with Gasteiger partial charge in [-0.15, -0.1) is 0 Å². The van der Waals surface area contributed by atoms with E-state index in [4.69, 9.17) is 9.84 Å². The van der Waals surface area contributed by atoms with Gasteiger partial charge in [-0.25, -0.2) is 4.79 Å². The van der Waals surface area contributed by atoms with Gasteiger partial charge in [-0.05, 0) is 27.7 Å². The standard InChI is InChI=1S/C9H16NO4/c1-6(12)7(5-11)10-8(13)14-9(2,3)4/h6-7,12H,1-4H3,(H,10,13)/t6-,7-/m1/s1. The lowest BCUT2D eigenvalue weighted by Gasteiger charge is -2.22. The first-order valence-corrected chi connectivity index (χ1v) is 4.31. The van der Waals surface area contributed by atoms with E-state index in [1.165, 1.54) is 13.2 Å². The minimum Gasteiger partial charge on any atom is -0.444 e. The Hall–Kier alpha value is -1.10. The summed E-state index contributed by atoms with van der Waals surface area (Å²) >= 11 is 0. The van der Waals surface area contributed by atoms with Gasteiger partial charge in [-0.1, -0.05) is 0 Å². The number of rotatable bonds is 3. The van der Waals surface area contributed by atoms with Crippen LogP contribution in [0.5, 0.6) is 0 Å². The smallest absolute Gasteiger partial charge is 0.408 e. The van der Waals surface area contributed by atoms with Crippen molar-refractivity contribution < 1.29 is 19.4 Å². The molecule has 0 saturated heterocycles. The lowest BCUT2D eigenvalue weighted by Crippen LogP contribution is -2.45. The Bertz CT molecular complexity index is 207. The van der Waals surface area contributed by atoms with Gasteiger partial charge in [0.2, 0.25) is 6.29 Å². The van der Waals surface area contributed by atoms with Crippen LogP contribution in [0.1, 0.15) is 27.7 Å². The molecule has 0 rings (SSSR count). The molecule has 0 aromatic rings. The van der Waals surface area contributed by atoms with Crippen LogP contribution in [0.15, 0.2) is 0 Å². The van der Waals surface area contributed by atoms with Gasteiger partial charge < -0.3 is 15.2 Å². The van der Waals surface area contributed by atoms with Crippen LogP contribution < -0.4 is 5.32 Å². The minimum atomic E-state index is -1.05. The molecule has 5 heteroatoms. The Kier molecular flexibility index (Phi) is 4.56. The maximum atomic E-state index is 11.1. The molecular weight excluding hydrogens is 186 g/mol. The molecule has 0 fully saturated rings. The van der Waals surface area contributed by atoms with Crippen molar-refractivity contribution in [3.05, 3.63) is 0 Å². The number of hydrogen-bond acceptors (Lipinski definition) is 4. The van der Waals surface area contributed by atoms with Crippen molar-refractivity contribution in [3.8, 4) is 0 Å². The Labute approximate surface area is 83.4 Å². The Balaban J connectivity index is 4.11. The van der Waals surface area contributed by atoms with Crippen LogP contribution in [0, 0.1) is 0 Å². The summed E-state index contributed by atoms with van der Waals surface area (Å²) in [5, 5.41) is 11.2. The van der Waals surface area contributed by atoms with Crippen molar-refractivity contribution in [1.29, 1.82) is 0 Å². The number of alkyl carbamates (subject to hydrolysis) is 1. The zero-order chi connectivity index (χ0) is 11.4. The highest BCUT2D eigenvalue weighted by molar-refractivity contribution is 5.74. The molecule has 0 unspecified atom stereocenters. The molecule has 2 atom stereocenters. The summed E-state index contributed by atoms with van der Waals surface area (Å²) in [6.07, 6.45) is -0.224. The average molecular weight is 202 g/mol. The third-order valence-corrected chi connectivity index (χ3v) is 1.28. The Morgan fingerprint density at radius 1 is 1.50 bits per heavy atom. The highest BCUT2D eigenvalue weighted by atomic mass is 16.6. The molecule has 0 aromatic heterocycles. The van der Waals surface area contributed by atoms with E-state index in [1.54, 1.807) is 20.8 Å². The van der Waals surface area contributed by atoms with Crippen LogP contribution in [0.4, 0.5) is 4.79 Å². The number of ether oxygens (including phenoxy) is 1. The van der Waals surface area contributed by atoms with Gasteiger partial charge in [0.15, 0.2) is 0 Å². The van der Waals surface area contributed by atoms with Crippen LogP contribution in [0.3, 0.4) is 0 Å². The molecule has 0 spiro atoms. The lowest BCUT2D eigenvalue weighted by atomic mass is 10.2. The maximum Gasteiger partial charge on any atom is 0.408 e. The van der Waals surface area contributed by atoms with E-state index < -0.39 is 23.8 Å². The molecule has 14 heavy (non-hydrogen) atoms. The topological polar surface area (TPSA) is 75.6 Å². The fraction of sp³-hybridized carbons (Fsp3) is 0.778. The summed E-state index contributed by atoms with van der Waals surface area (Å²) in [5.74, 6) is 0. The molecule has 0 heterocycles. The van der Waals surface area contributed by atoms with Gasteiger partial charge in [-0.3, -0.25) is 4.79 Å². The maximum absolute atomic E-state index is 11.1. The number of aliphatic hydroxyl groups is 1. The molecule has 1 amide bonds. The third kappa shape index (κ3) is 5.53. The number of carbonyl (C=O) groups is 1. The zero-order valence-corrected chi connectivity index (χ0v) is 8.83. The second-order valence-corrected chi connectivity index (χ2v) is 3.98. The summed E-state index contributed by atoms with van der Waals surface area (Å²) in [7, 11) is 0. The van der Waals surface area contributed by atoms with Crippen molar-refractivity contribution >= 4 is 12.4 Å². The summed E-state index contributed by atoms with van der Waals surface area (Å²) < 4.78 is 4.88. The second kappa shape index (κ2) is 4.95. The monoisotopic (exact) mass is 202 g/mol. The van der Waals surface area contributed by atoms with Gasteiger partial charge in [0.25, 0.3) is 0 Å². The second-order valence-electron chi connectivity index (χ2n) is 3.98. The molecule has 0 saturated carbocycles. The minimum absolute atomic E-state index is 0.629. The zero-order valence-electron chi connectivity index (χ0n) is 8.83. The van der Waals surface area contributed by atoms with Crippen LogP contribution in [-0.2, 0) is 9.53 Å². The summed E-state index contributed by atoms with van der Waals surface area (Å²) in [6, 6.07) is -1.05. The van der Waals surface area contributed by atoms with E-state index in [2.05, 4.69) is 5.32 Å². The largest absolute Gasteiger partial charge is 0.444 e. The highest BCUT2D eigenvalue weighted by Gasteiger charge is 2.22. The normalized spacial score (nSPS) is 15.5. The van der Waals surface area contributed by atoms with Crippen molar-refractivity contribution in [1.82, 2.24) is 5.32 Å². The molecule has 1 radical (unpaired) electrons. The number of nitrogens with one attached hydrogen (secondary N) is 1. The van der Waals surface area contributed by atoms with E-state index >= 15 is 0 Å². The lowest BCUT2D eigenvalue weighted by molar-refractivity contribution is 0.0473. The van der Waals surface area contributed by atoms with Crippen molar-refractivity contribution in [2.45, 2.75) is 45.4 Å².